The van der Waals surface area contributed by atoms with E-state index < -0.39 is 0 Å². The molecule has 1 amide bonds. The monoisotopic (exact) mass is 248 g/mol. The first-order valence-corrected chi connectivity index (χ1v) is 6.75. The van der Waals surface area contributed by atoms with Gasteiger partial charge in [-0.15, -0.1) is 0 Å². The molecule has 1 aromatic rings. The smallest absolute Gasteiger partial charge is 0.253 e. The van der Waals surface area contributed by atoms with Crippen molar-refractivity contribution in [2.24, 2.45) is 0 Å². The van der Waals surface area contributed by atoms with Crippen molar-refractivity contribution in [1.29, 1.82) is 0 Å². The zero-order valence-corrected chi connectivity index (χ0v) is 11.3. The number of unbranched alkanes of at least 4 members (excludes halogenated alkanes) is 2. The fourth-order valence-corrected chi connectivity index (χ4v) is 1.79. The molecule has 0 unspecified atom stereocenters. The molecule has 0 N–H and O–H groups in total. The van der Waals surface area contributed by atoms with Gasteiger partial charge in [-0.3, -0.25) is 9.90 Å². The summed E-state index contributed by atoms with van der Waals surface area (Å²) in [5, 5.41) is 11.0. The lowest BCUT2D eigenvalue weighted by molar-refractivity contribution is 0.0751. The Balaban J connectivity index is 2.70. The van der Waals surface area contributed by atoms with Crippen LogP contribution in [0.15, 0.2) is 24.3 Å². The summed E-state index contributed by atoms with van der Waals surface area (Å²) in [5.74, 6) is -0.0166. The summed E-state index contributed by atoms with van der Waals surface area (Å²) >= 11 is 0. The minimum absolute atomic E-state index is 0.0388. The van der Waals surface area contributed by atoms with Crippen LogP contribution in [0.1, 0.15) is 49.9 Å². The molecule has 0 bridgehead atoms. The summed E-state index contributed by atoms with van der Waals surface area (Å²) in [5.41, 5.74) is 0.613. The van der Waals surface area contributed by atoms with Crippen LogP contribution in [0.4, 0.5) is 0 Å². The molecule has 0 spiro atoms. The molecular formula is C15H22NO2. The number of carbonyl (C=O) groups is 1. The van der Waals surface area contributed by atoms with Crippen LogP contribution in [-0.4, -0.2) is 23.9 Å². The van der Waals surface area contributed by atoms with Gasteiger partial charge in [0.2, 0.25) is 0 Å². The van der Waals surface area contributed by atoms with Crippen LogP contribution < -0.4 is 0 Å². The highest BCUT2D eigenvalue weighted by molar-refractivity contribution is 5.94. The third-order valence-corrected chi connectivity index (χ3v) is 2.95. The molecule has 0 aliphatic heterocycles. The molecule has 1 radical (unpaired) electrons. The molecule has 0 fully saturated rings. The Kier molecular flexibility index (Phi) is 6.26. The van der Waals surface area contributed by atoms with Crippen LogP contribution in [-0.2, 0) is 5.11 Å². The summed E-state index contributed by atoms with van der Waals surface area (Å²) in [6, 6.07) is 6.14. The lowest BCUT2D eigenvalue weighted by Crippen LogP contribution is -2.32. The minimum atomic E-state index is -0.0554. The van der Waals surface area contributed by atoms with E-state index in [1.54, 1.807) is 12.1 Å². The van der Waals surface area contributed by atoms with Crippen molar-refractivity contribution in [1.82, 2.24) is 4.90 Å². The number of hydrogen-bond donors (Lipinski definition) is 0. The first-order chi connectivity index (χ1) is 8.69. The van der Waals surface area contributed by atoms with Crippen LogP contribution in [0.2, 0.25) is 0 Å². The van der Waals surface area contributed by atoms with Gasteiger partial charge in [0.05, 0.1) is 0 Å². The molecule has 0 aliphatic carbocycles. The van der Waals surface area contributed by atoms with Gasteiger partial charge in [-0.2, -0.15) is 0 Å². The Hall–Kier alpha value is -1.51. The van der Waals surface area contributed by atoms with Crippen molar-refractivity contribution in [3.63, 3.8) is 0 Å². The number of nitrogens with zero attached hydrogens (tertiary/aromatic N) is 1. The molecule has 3 nitrogen and oxygen atoms in total. The third kappa shape index (κ3) is 4.40. The third-order valence-electron chi connectivity index (χ3n) is 2.95. The summed E-state index contributed by atoms with van der Waals surface area (Å²) in [6.45, 7) is 5.84. The summed E-state index contributed by atoms with van der Waals surface area (Å²) in [4.78, 5) is 14.2. The van der Waals surface area contributed by atoms with Crippen molar-refractivity contribution in [2.45, 2.75) is 39.5 Å². The first kappa shape index (κ1) is 14.6. The summed E-state index contributed by atoms with van der Waals surface area (Å²) < 4.78 is 0. The van der Waals surface area contributed by atoms with E-state index in [9.17, 15) is 9.90 Å². The van der Waals surface area contributed by atoms with Gasteiger partial charge in [-0.1, -0.05) is 26.7 Å². The van der Waals surface area contributed by atoms with Crippen LogP contribution in [0.25, 0.3) is 0 Å². The minimum Gasteiger partial charge on any atom is -0.339 e. The normalized spacial score (nSPS) is 10.3. The number of carbonyl (C=O) groups excluding carboxylic acids is 1. The van der Waals surface area contributed by atoms with E-state index in [2.05, 4.69) is 13.8 Å². The van der Waals surface area contributed by atoms with Crippen molar-refractivity contribution < 1.29 is 9.90 Å². The molecule has 18 heavy (non-hydrogen) atoms. The van der Waals surface area contributed by atoms with Gasteiger partial charge in [-0.05, 0) is 37.1 Å². The van der Waals surface area contributed by atoms with Gasteiger partial charge < -0.3 is 4.90 Å². The van der Waals surface area contributed by atoms with E-state index >= 15 is 0 Å². The predicted octanol–water partition coefficient (Wildman–Crippen LogP) is 3.87. The largest absolute Gasteiger partial charge is 0.339 e. The maximum Gasteiger partial charge on any atom is 0.253 e. The highest BCUT2D eigenvalue weighted by atomic mass is 16.3. The molecule has 0 heterocycles. The van der Waals surface area contributed by atoms with Gasteiger partial charge in [0.25, 0.3) is 5.91 Å². The highest BCUT2D eigenvalue weighted by Crippen LogP contribution is 2.13. The first-order valence-electron chi connectivity index (χ1n) is 6.75. The Bertz CT molecular complexity index is 351. The number of benzene rings is 1. The summed E-state index contributed by atoms with van der Waals surface area (Å²) in [7, 11) is 0. The van der Waals surface area contributed by atoms with Crippen LogP contribution in [0.3, 0.4) is 0 Å². The fraction of sp³-hybridized carbons (Fsp3) is 0.533. The van der Waals surface area contributed by atoms with Gasteiger partial charge in [0.1, 0.15) is 0 Å². The van der Waals surface area contributed by atoms with Crippen LogP contribution in [0.5, 0.6) is 5.75 Å². The molecule has 0 saturated heterocycles. The van der Waals surface area contributed by atoms with Gasteiger partial charge in [0, 0.05) is 18.7 Å². The van der Waals surface area contributed by atoms with E-state index in [0.29, 0.717) is 5.56 Å². The Labute approximate surface area is 109 Å². The molecule has 1 rings (SSSR count). The molecule has 99 valence electrons. The summed E-state index contributed by atoms with van der Waals surface area (Å²) in [6.07, 6.45) is 4.20. The fourth-order valence-electron chi connectivity index (χ4n) is 1.79. The Morgan fingerprint density at radius 2 is 1.50 bits per heavy atom. The molecule has 0 aliphatic rings. The predicted molar refractivity (Wildman–Crippen MR) is 72.3 cm³/mol. The zero-order valence-electron chi connectivity index (χ0n) is 11.3. The molecule has 1 aromatic carbocycles. The van der Waals surface area contributed by atoms with Gasteiger partial charge >= 0.3 is 0 Å². The standard InChI is InChI=1S/C15H22NO2/c1-3-5-11-16(12-6-4-2)15(18)13-7-9-14(17)10-8-13/h7-10H,3-6,11-12H2,1-2H3. The second-order valence-electron chi connectivity index (χ2n) is 4.52. The van der Waals surface area contributed by atoms with Crippen molar-refractivity contribution in [3.8, 4) is 5.75 Å². The van der Waals surface area contributed by atoms with E-state index in [1.807, 2.05) is 4.90 Å². The second-order valence-corrected chi connectivity index (χ2v) is 4.52. The van der Waals surface area contributed by atoms with Crippen LogP contribution >= 0.6 is 0 Å². The van der Waals surface area contributed by atoms with Gasteiger partial charge in [0.15, 0.2) is 5.75 Å². The van der Waals surface area contributed by atoms with Crippen LogP contribution in [0, 0.1) is 0 Å². The van der Waals surface area contributed by atoms with E-state index in [1.165, 1.54) is 12.1 Å². The molecule has 3 heteroatoms. The number of amides is 1. The molecule has 0 aromatic heterocycles. The lowest BCUT2D eigenvalue weighted by Gasteiger charge is -2.22. The van der Waals surface area contributed by atoms with Crippen molar-refractivity contribution >= 4 is 5.91 Å². The number of hydrogen-bond acceptors (Lipinski definition) is 1. The average Bonchev–Trinajstić information content (AvgIpc) is 2.39. The van der Waals surface area contributed by atoms with Gasteiger partial charge in [-0.25, -0.2) is 0 Å². The molecule has 0 saturated carbocycles. The maximum absolute atomic E-state index is 12.3. The second kappa shape index (κ2) is 7.75. The van der Waals surface area contributed by atoms with Crippen molar-refractivity contribution in [2.75, 3.05) is 13.1 Å². The molecular weight excluding hydrogens is 226 g/mol. The Morgan fingerprint density at radius 1 is 1.00 bits per heavy atom. The molecule has 0 atom stereocenters. The van der Waals surface area contributed by atoms with Crippen molar-refractivity contribution in [3.05, 3.63) is 29.8 Å². The quantitative estimate of drug-likeness (QED) is 0.722. The Morgan fingerprint density at radius 3 is 1.94 bits per heavy atom. The maximum atomic E-state index is 12.3. The zero-order chi connectivity index (χ0) is 13.4. The van der Waals surface area contributed by atoms with E-state index in [0.717, 1.165) is 38.8 Å². The highest BCUT2D eigenvalue weighted by Gasteiger charge is 2.14. The lowest BCUT2D eigenvalue weighted by atomic mass is 10.1. The van der Waals surface area contributed by atoms with E-state index in [4.69, 9.17) is 0 Å². The number of rotatable bonds is 7. The SMILES string of the molecule is CCCCN(CCCC)C(=O)c1ccc([O])cc1. The van der Waals surface area contributed by atoms with E-state index in [-0.39, 0.29) is 11.7 Å². The topological polar surface area (TPSA) is 40.2 Å². The average molecular weight is 248 g/mol.